The number of aromatic nitrogens is 1. The average molecular weight is 556 g/mol. The lowest BCUT2D eigenvalue weighted by atomic mass is 10.3. The number of anilines is 1. The van der Waals surface area contributed by atoms with Gasteiger partial charge in [0.2, 0.25) is 5.91 Å². The predicted molar refractivity (Wildman–Crippen MR) is 130 cm³/mol. The predicted octanol–water partition coefficient (Wildman–Crippen LogP) is 3.73. The Kier molecular flexibility index (Phi) is 7.75. The van der Waals surface area contributed by atoms with Crippen LogP contribution in [0.5, 0.6) is 0 Å². The fourth-order valence-electron chi connectivity index (χ4n) is 3.57. The molecule has 0 bridgehead atoms. The number of carbonyl (C=O) groups excluding carboxylic acids is 1. The van der Waals surface area contributed by atoms with Crippen LogP contribution in [0.15, 0.2) is 51.8 Å². The first-order valence-corrected chi connectivity index (χ1v) is 13.7. The van der Waals surface area contributed by atoms with E-state index in [0.29, 0.717) is 31.3 Å². The van der Waals surface area contributed by atoms with Crippen LogP contribution >= 0.6 is 27.3 Å². The Labute approximate surface area is 204 Å². The number of thiazole rings is 1. The largest absolute Gasteiger partial charge is 0.379 e. The van der Waals surface area contributed by atoms with E-state index in [4.69, 9.17) is 4.74 Å². The van der Waals surface area contributed by atoms with E-state index in [1.165, 1.54) is 28.4 Å². The first kappa shape index (κ1) is 24.2. The average Bonchev–Trinajstić information content (AvgIpc) is 3.20. The van der Waals surface area contributed by atoms with Gasteiger partial charge >= 0.3 is 0 Å². The van der Waals surface area contributed by atoms with E-state index >= 15 is 0 Å². The molecule has 2 heterocycles. The second kappa shape index (κ2) is 10.6. The highest BCUT2D eigenvalue weighted by Crippen LogP contribution is 2.31. The maximum Gasteiger partial charge on any atom is 0.244 e. The molecule has 2 aromatic carbocycles. The van der Waals surface area contributed by atoms with Gasteiger partial charge in [0.25, 0.3) is 0 Å². The first-order chi connectivity index (χ1) is 15.8. The van der Waals surface area contributed by atoms with Crippen molar-refractivity contribution in [3.8, 4) is 0 Å². The zero-order chi connectivity index (χ0) is 23.4. The van der Waals surface area contributed by atoms with Crippen LogP contribution < -0.4 is 4.90 Å². The van der Waals surface area contributed by atoms with E-state index in [2.05, 4.69) is 25.8 Å². The molecular formula is C22H23BrFN3O4S2. The zero-order valence-electron chi connectivity index (χ0n) is 17.7. The number of benzene rings is 2. The van der Waals surface area contributed by atoms with Gasteiger partial charge < -0.3 is 4.74 Å². The molecule has 0 saturated carbocycles. The summed E-state index contributed by atoms with van der Waals surface area (Å²) in [4.78, 5) is 21.4. The molecule has 1 aromatic heterocycles. The molecule has 7 nitrogen and oxygen atoms in total. The Balaban J connectivity index is 1.55. The maximum atomic E-state index is 13.2. The van der Waals surface area contributed by atoms with Crippen LogP contribution in [0.1, 0.15) is 6.42 Å². The van der Waals surface area contributed by atoms with Crippen molar-refractivity contribution < 1.29 is 22.3 Å². The van der Waals surface area contributed by atoms with Crippen molar-refractivity contribution in [3.05, 3.63) is 52.8 Å². The molecule has 1 fully saturated rings. The minimum atomic E-state index is -3.93. The standard InChI is InChI=1S/C22H23BrFN3O4S2/c23-16-2-7-19-20(14-16)32-22(25-19)27(9-1-8-26-10-12-31-13-11-26)21(28)15-33(29,30)18-5-3-17(24)4-6-18/h2-7,14H,1,8-13,15H2. The molecule has 11 heteroatoms. The Morgan fingerprint density at radius 1 is 1.18 bits per heavy atom. The van der Waals surface area contributed by atoms with Gasteiger partial charge in [0.1, 0.15) is 11.6 Å². The van der Waals surface area contributed by atoms with Gasteiger partial charge in [0.05, 0.1) is 28.3 Å². The summed E-state index contributed by atoms with van der Waals surface area (Å²) in [5, 5.41) is 0.462. The van der Waals surface area contributed by atoms with Gasteiger partial charge in [-0.1, -0.05) is 27.3 Å². The highest BCUT2D eigenvalue weighted by atomic mass is 79.9. The summed E-state index contributed by atoms with van der Waals surface area (Å²) in [7, 11) is -3.93. The molecule has 0 radical (unpaired) electrons. The monoisotopic (exact) mass is 555 g/mol. The molecule has 1 aliphatic heterocycles. The smallest absolute Gasteiger partial charge is 0.244 e. The molecule has 1 amide bonds. The van der Waals surface area contributed by atoms with E-state index in [-0.39, 0.29) is 4.90 Å². The molecular weight excluding hydrogens is 533 g/mol. The van der Waals surface area contributed by atoms with Gasteiger partial charge in [-0.05, 0) is 48.9 Å². The summed E-state index contributed by atoms with van der Waals surface area (Å²) < 4.78 is 46.0. The van der Waals surface area contributed by atoms with Crippen molar-refractivity contribution in [1.82, 2.24) is 9.88 Å². The van der Waals surface area contributed by atoms with E-state index in [1.807, 2.05) is 18.2 Å². The van der Waals surface area contributed by atoms with Gasteiger partial charge in [0, 0.05) is 30.7 Å². The third-order valence-electron chi connectivity index (χ3n) is 5.32. The highest BCUT2D eigenvalue weighted by molar-refractivity contribution is 9.10. The first-order valence-electron chi connectivity index (χ1n) is 10.5. The lowest BCUT2D eigenvalue weighted by Gasteiger charge is -2.27. The third-order valence-corrected chi connectivity index (χ3v) is 8.47. The number of halogens is 2. The molecule has 3 aromatic rings. The number of carbonyl (C=O) groups is 1. The summed E-state index contributed by atoms with van der Waals surface area (Å²) in [6, 6.07) is 10.1. The lowest BCUT2D eigenvalue weighted by molar-refractivity contribution is -0.116. The molecule has 0 spiro atoms. The van der Waals surface area contributed by atoms with Crippen molar-refractivity contribution in [1.29, 1.82) is 0 Å². The molecule has 0 aliphatic carbocycles. The lowest BCUT2D eigenvalue weighted by Crippen LogP contribution is -2.40. The van der Waals surface area contributed by atoms with Crippen LogP contribution in [0.25, 0.3) is 10.2 Å². The van der Waals surface area contributed by atoms with Crippen molar-refractivity contribution in [3.63, 3.8) is 0 Å². The Bertz CT molecular complexity index is 1230. The zero-order valence-corrected chi connectivity index (χ0v) is 21.0. The number of nitrogens with zero attached hydrogens (tertiary/aromatic N) is 3. The van der Waals surface area contributed by atoms with Crippen molar-refractivity contribution in [2.24, 2.45) is 0 Å². The second-order valence-corrected chi connectivity index (χ2v) is 11.6. The quantitative estimate of drug-likeness (QED) is 0.394. The van der Waals surface area contributed by atoms with Crippen LogP contribution in [0.3, 0.4) is 0 Å². The van der Waals surface area contributed by atoms with Crippen molar-refractivity contribution in [2.75, 3.05) is 50.0 Å². The number of rotatable bonds is 8. The summed E-state index contributed by atoms with van der Waals surface area (Å²) in [5.41, 5.74) is 0.741. The molecule has 1 aliphatic rings. The summed E-state index contributed by atoms with van der Waals surface area (Å²) in [5.74, 6) is -1.81. The molecule has 1 saturated heterocycles. The minimum absolute atomic E-state index is 0.0845. The molecule has 0 atom stereocenters. The van der Waals surface area contributed by atoms with Gasteiger partial charge in [-0.3, -0.25) is 14.6 Å². The molecule has 4 rings (SSSR count). The van der Waals surface area contributed by atoms with Gasteiger partial charge in [-0.15, -0.1) is 0 Å². The van der Waals surface area contributed by atoms with Gasteiger partial charge in [-0.25, -0.2) is 17.8 Å². The fourth-order valence-corrected chi connectivity index (χ4v) is 6.33. The number of sulfone groups is 1. The number of amides is 1. The summed E-state index contributed by atoms with van der Waals surface area (Å²) in [6.45, 7) is 4.16. The Hall–Kier alpha value is -1.92. The van der Waals surface area contributed by atoms with Gasteiger partial charge in [0.15, 0.2) is 15.0 Å². The maximum absolute atomic E-state index is 13.2. The number of ether oxygens (including phenoxy) is 1. The van der Waals surface area contributed by atoms with Gasteiger partial charge in [-0.2, -0.15) is 0 Å². The fraction of sp³-hybridized carbons (Fsp3) is 0.364. The minimum Gasteiger partial charge on any atom is -0.379 e. The number of morpholine rings is 1. The Morgan fingerprint density at radius 3 is 2.64 bits per heavy atom. The van der Waals surface area contributed by atoms with Crippen LogP contribution in [-0.2, 0) is 19.4 Å². The van der Waals surface area contributed by atoms with Crippen LogP contribution in [0.2, 0.25) is 0 Å². The van der Waals surface area contributed by atoms with Crippen LogP contribution in [-0.4, -0.2) is 69.4 Å². The Morgan fingerprint density at radius 2 is 1.91 bits per heavy atom. The van der Waals surface area contributed by atoms with Crippen LogP contribution in [0.4, 0.5) is 9.52 Å². The topological polar surface area (TPSA) is 79.8 Å². The molecule has 0 N–H and O–H groups in total. The highest BCUT2D eigenvalue weighted by Gasteiger charge is 2.27. The molecule has 176 valence electrons. The number of hydrogen-bond acceptors (Lipinski definition) is 7. The summed E-state index contributed by atoms with van der Waals surface area (Å²) in [6.07, 6.45) is 0.669. The van der Waals surface area contributed by atoms with Crippen molar-refractivity contribution >= 4 is 58.4 Å². The number of hydrogen-bond donors (Lipinski definition) is 0. The van der Waals surface area contributed by atoms with Crippen molar-refractivity contribution in [2.45, 2.75) is 11.3 Å². The SMILES string of the molecule is O=C(CS(=O)(=O)c1ccc(F)cc1)N(CCCN1CCOCC1)c1nc2ccc(Br)cc2s1. The third kappa shape index (κ3) is 6.15. The van der Waals surface area contributed by atoms with E-state index in [1.54, 1.807) is 0 Å². The van der Waals surface area contributed by atoms with E-state index < -0.39 is 27.3 Å². The van der Waals surface area contributed by atoms with E-state index in [9.17, 15) is 17.6 Å². The molecule has 33 heavy (non-hydrogen) atoms. The number of fused-ring (bicyclic) bond motifs is 1. The molecule has 0 unspecified atom stereocenters. The summed E-state index contributed by atoms with van der Waals surface area (Å²) >= 11 is 4.78. The normalized spacial score (nSPS) is 15.1. The van der Waals surface area contributed by atoms with Crippen LogP contribution in [0, 0.1) is 5.82 Å². The van der Waals surface area contributed by atoms with E-state index in [0.717, 1.165) is 46.5 Å². The second-order valence-electron chi connectivity index (χ2n) is 7.67.